The summed E-state index contributed by atoms with van der Waals surface area (Å²) < 4.78 is 4.97. The number of allylic oxidation sites excluding steroid dienone is 2. The summed E-state index contributed by atoms with van der Waals surface area (Å²) in [7, 11) is 0. The average Bonchev–Trinajstić information content (AvgIpc) is 2.60. The molecule has 5 nitrogen and oxygen atoms in total. The maximum atomic E-state index is 12.1. The SMILES string of the molecule is CCOC(=O)N1CCN(C(=O)/C=C/C=C/c2ccc(C)cc2)CC1. The molecule has 1 aliphatic heterocycles. The van der Waals surface area contributed by atoms with Crippen LogP contribution in [0.1, 0.15) is 18.1 Å². The summed E-state index contributed by atoms with van der Waals surface area (Å²) >= 11 is 0. The van der Waals surface area contributed by atoms with E-state index in [0.29, 0.717) is 32.8 Å². The smallest absolute Gasteiger partial charge is 0.409 e. The summed E-state index contributed by atoms with van der Waals surface area (Å²) in [6.45, 7) is 6.29. The topological polar surface area (TPSA) is 49.9 Å². The Morgan fingerprint density at radius 3 is 2.29 bits per heavy atom. The van der Waals surface area contributed by atoms with Crippen molar-refractivity contribution in [2.45, 2.75) is 13.8 Å². The lowest BCUT2D eigenvalue weighted by molar-refractivity contribution is -0.127. The van der Waals surface area contributed by atoms with Crippen LogP contribution in [0, 0.1) is 6.92 Å². The van der Waals surface area contributed by atoms with E-state index in [4.69, 9.17) is 4.74 Å². The molecule has 1 aliphatic rings. The number of piperazine rings is 1. The third kappa shape index (κ3) is 5.26. The third-order valence-electron chi connectivity index (χ3n) is 3.83. The predicted molar refractivity (Wildman–Crippen MR) is 94.5 cm³/mol. The highest BCUT2D eigenvalue weighted by Gasteiger charge is 2.23. The van der Waals surface area contributed by atoms with Gasteiger partial charge in [0.1, 0.15) is 0 Å². The molecule has 1 aromatic carbocycles. The third-order valence-corrected chi connectivity index (χ3v) is 3.83. The van der Waals surface area contributed by atoms with E-state index in [0.717, 1.165) is 5.56 Å². The largest absolute Gasteiger partial charge is 0.450 e. The molecule has 0 aliphatic carbocycles. The number of carbonyl (C=O) groups is 2. The Hall–Kier alpha value is -2.56. The Morgan fingerprint density at radius 2 is 1.67 bits per heavy atom. The van der Waals surface area contributed by atoms with E-state index in [9.17, 15) is 9.59 Å². The Balaban J connectivity index is 1.78. The molecule has 0 saturated carbocycles. The molecule has 0 unspecified atom stereocenters. The first-order valence-electron chi connectivity index (χ1n) is 8.22. The molecule has 5 heteroatoms. The van der Waals surface area contributed by atoms with Crippen molar-refractivity contribution in [3.8, 4) is 0 Å². The molecular weight excluding hydrogens is 304 g/mol. The number of rotatable bonds is 4. The summed E-state index contributed by atoms with van der Waals surface area (Å²) in [5.74, 6) is -0.0351. The lowest BCUT2D eigenvalue weighted by Gasteiger charge is -2.33. The zero-order chi connectivity index (χ0) is 17.4. The van der Waals surface area contributed by atoms with Gasteiger partial charge < -0.3 is 14.5 Å². The monoisotopic (exact) mass is 328 g/mol. The van der Waals surface area contributed by atoms with Crippen molar-refractivity contribution in [1.82, 2.24) is 9.80 Å². The Bertz CT molecular complexity index is 612. The van der Waals surface area contributed by atoms with E-state index >= 15 is 0 Å². The Morgan fingerprint density at radius 1 is 1.04 bits per heavy atom. The van der Waals surface area contributed by atoms with Crippen LogP contribution < -0.4 is 0 Å². The van der Waals surface area contributed by atoms with E-state index in [-0.39, 0.29) is 12.0 Å². The van der Waals surface area contributed by atoms with Crippen molar-refractivity contribution in [3.63, 3.8) is 0 Å². The maximum absolute atomic E-state index is 12.1. The summed E-state index contributed by atoms with van der Waals surface area (Å²) in [5.41, 5.74) is 2.32. The second-order valence-electron chi connectivity index (χ2n) is 5.64. The molecule has 0 bridgehead atoms. The minimum atomic E-state index is -0.304. The number of hydrogen-bond acceptors (Lipinski definition) is 3. The number of benzene rings is 1. The number of aryl methyl sites for hydroxylation is 1. The van der Waals surface area contributed by atoms with Crippen molar-refractivity contribution >= 4 is 18.1 Å². The molecule has 0 N–H and O–H groups in total. The molecule has 1 fully saturated rings. The molecule has 0 spiro atoms. The van der Waals surface area contributed by atoms with Gasteiger partial charge in [0.25, 0.3) is 0 Å². The highest BCUT2D eigenvalue weighted by Crippen LogP contribution is 2.06. The summed E-state index contributed by atoms with van der Waals surface area (Å²) in [6, 6.07) is 8.18. The zero-order valence-electron chi connectivity index (χ0n) is 14.3. The van der Waals surface area contributed by atoms with Crippen LogP contribution in [-0.2, 0) is 9.53 Å². The van der Waals surface area contributed by atoms with E-state index < -0.39 is 0 Å². The second kappa shape index (κ2) is 8.91. The van der Waals surface area contributed by atoms with Gasteiger partial charge in [-0.1, -0.05) is 48.1 Å². The molecule has 2 amide bonds. The molecule has 0 atom stereocenters. The minimum Gasteiger partial charge on any atom is -0.450 e. The van der Waals surface area contributed by atoms with Gasteiger partial charge in [-0.15, -0.1) is 0 Å². The number of amides is 2. The van der Waals surface area contributed by atoms with Gasteiger partial charge >= 0.3 is 6.09 Å². The molecule has 2 rings (SSSR count). The summed E-state index contributed by atoms with van der Waals surface area (Å²) in [5, 5.41) is 0. The van der Waals surface area contributed by atoms with Crippen LogP contribution in [0.5, 0.6) is 0 Å². The number of hydrogen-bond donors (Lipinski definition) is 0. The first-order valence-corrected chi connectivity index (χ1v) is 8.22. The van der Waals surface area contributed by atoms with Crippen molar-refractivity contribution in [1.29, 1.82) is 0 Å². The summed E-state index contributed by atoms with van der Waals surface area (Å²) in [6.07, 6.45) is 6.82. The van der Waals surface area contributed by atoms with Crippen molar-refractivity contribution in [2.24, 2.45) is 0 Å². The molecular formula is C19H24N2O3. The number of nitrogens with zero attached hydrogens (tertiary/aromatic N) is 2. The number of ether oxygens (including phenoxy) is 1. The molecule has 1 saturated heterocycles. The highest BCUT2D eigenvalue weighted by molar-refractivity contribution is 5.88. The van der Waals surface area contributed by atoms with E-state index in [1.165, 1.54) is 5.56 Å². The quantitative estimate of drug-likeness (QED) is 0.631. The second-order valence-corrected chi connectivity index (χ2v) is 5.64. The fraction of sp³-hybridized carbons (Fsp3) is 0.368. The van der Waals surface area contributed by atoms with Gasteiger partial charge in [-0.25, -0.2) is 4.79 Å². The van der Waals surface area contributed by atoms with Crippen LogP contribution in [-0.4, -0.2) is 54.6 Å². The predicted octanol–water partition coefficient (Wildman–Crippen LogP) is 2.87. The molecule has 1 heterocycles. The van der Waals surface area contributed by atoms with Crippen LogP contribution in [0.15, 0.2) is 42.5 Å². The molecule has 1 aromatic rings. The fourth-order valence-corrected chi connectivity index (χ4v) is 2.41. The van der Waals surface area contributed by atoms with Gasteiger partial charge in [0.2, 0.25) is 5.91 Å². The van der Waals surface area contributed by atoms with Gasteiger partial charge in [-0.05, 0) is 19.4 Å². The van der Waals surface area contributed by atoms with Crippen LogP contribution in [0.25, 0.3) is 6.08 Å². The van der Waals surface area contributed by atoms with Crippen LogP contribution in [0.3, 0.4) is 0 Å². The van der Waals surface area contributed by atoms with E-state index in [2.05, 4.69) is 12.1 Å². The van der Waals surface area contributed by atoms with Gasteiger partial charge in [0.05, 0.1) is 6.61 Å². The lowest BCUT2D eigenvalue weighted by atomic mass is 10.1. The molecule has 24 heavy (non-hydrogen) atoms. The van der Waals surface area contributed by atoms with Gasteiger partial charge in [0, 0.05) is 32.3 Å². The normalized spacial score (nSPS) is 15.2. The van der Waals surface area contributed by atoms with Crippen molar-refractivity contribution < 1.29 is 14.3 Å². The molecule has 0 radical (unpaired) electrons. The van der Waals surface area contributed by atoms with Gasteiger partial charge in [-0.2, -0.15) is 0 Å². The van der Waals surface area contributed by atoms with E-state index in [1.807, 2.05) is 31.2 Å². The average molecular weight is 328 g/mol. The first kappa shape index (κ1) is 17.8. The first-order chi connectivity index (χ1) is 11.6. The standard InChI is InChI=1S/C19H24N2O3/c1-3-24-19(23)21-14-12-20(13-15-21)18(22)7-5-4-6-17-10-8-16(2)9-11-17/h4-11H,3,12-15H2,1-2H3/b6-4+,7-5+. The number of carbonyl (C=O) groups excluding carboxylic acids is 2. The van der Waals surface area contributed by atoms with Gasteiger partial charge in [0.15, 0.2) is 0 Å². The molecule has 128 valence electrons. The highest BCUT2D eigenvalue weighted by atomic mass is 16.6. The fourth-order valence-electron chi connectivity index (χ4n) is 2.41. The summed E-state index contributed by atoms with van der Waals surface area (Å²) in [4.78, 5) is 27.1. The van der Waals surface area contributed by atoms with Gasteiger partial charge in [-0.3, -0.25) is 4.79 Å². The maximum Gasteiger partial charge on any atom is 0.409 e. The van der Waals surface area contributed by atoms with Crippen molar-refractivity contribution in [3.05, 3.63) is 53.6 Å². The van der Waals surface area contributed by atoms with Crippen LogP contribution in [0.4, 0.5) is 4.79 Å². The Labute approximate surface area is 143 Å². The zero-order valence-corrected chi connectivity index (χ0v) is 14.3. The lowest BCUT2D eigenvalue weighted by Crippen LogP contribution is -2.50. The van der Waals surface area contributed by atoms with Crippen LogP contribution in [0.2, 0.25) is 0 Å². The van der Waals surface area contributed by atoms with E-state index in [1.54, 1.807) is 28.9 Å². The van der Waals surface area contributed by atoms with Crippen molar-refractivity contribution in [2.75, 3.05) is 32.8 Å². The van der Waals surface area contributed by atoms with Crippen LogP contribution >= 0.6 is 0 Å². The Kier molecular flexibility index (Phi) is 6.61. The minimum absolute atomic E-state index is 0.0351. The molecule has 0 aromatic heterocycles.